The molecule has 2 aliphatic heterocycles. The third kappa shape index (κ3) is 12.4. The van der Waals surface area contributed by atoms with Crippen LogP contribution in [0.2, 0.25) is 0 Å². The number of benzene rings is 4. The summed E-state index contributed by atoms with van der Waals surface area (Å²) >= 11 is 0. The summed E-state index contributed by atoms with van der Waals surface area (Å²) in [6.45, 7) is 3.84. The summed E-state index contributed by atoms with van der Waals surface area (Å²) in [7, 11) is 3.16. The molecule has 12 nitrogen and oxygen atoms in total. The Labute approximate surface area is 347 Å². The van der Waals surface area contributed by atoms with Crippen molar-refractivity contribution in [3.63, 3.8) is 0 Å². The van der Waals surface area contributed by atoms with E-state index in [9.17, 15) is 19.2 Å². The average Bonchev–Trinajstić information content (AvgIpc) is 3.84. The molecule has 312 valence electrons. The maximum absolute atomic E-state index is 13.3. The van der Waals surface area contributed by atoms with E-state index in [2.05, 4.69) is 31.5 Å². The summed E-state index contributed by atoms with van der Waals surface area (Å²) in [5.74, 6) is 0.435. The molecule has 4 aromatic carbocycles. The maximum atomic E-state index is 13.3. The van der Waals surface area contributed by atoms with E-state index in [1.807, 2.05) is 60.7 Å². The van der Waals surface area contributed by atoms with Crippen LogP contribution in [0.25, 0.3) is 0 Å². The number of ether oxygens (including phenoxy) is 2. The lowest BCUT2D eigenvalue weighted by molar-refractivity contribution is -0.124. The summed E-state index contributed by atoms with van der Waals surface area (Å²) < 4.78 is 10.3. The van der Waals surface area contributed by atoms with Crippen molar-refractivity contribution in [3.05, 3.63) is 131 Å². The molecule has 0 bridgehead atoms. The fourth-order valence-corrected chi connectivity index (χ4v) is 8.02. The van der Waals surface area contributed by atoms with E-state index < -0.39 is 12.1 Å². The van der Waals surface area contributed by atoms with Gasteiger partial charge < -0.3 is 41.0 Å². The Morgan fingerprint density at radius 1 is 0.559 bits per heavy atom. The molecular weight excluding hydrogens is 745 g/mol. The van der Waals surface area contributed by atoms with E-state index in [1.165, 1.54) is 25.7 Å². The zero-order chi connectivity index (χ0) is 41.4. The second kappa shape index (κ2) is 21.9. The number of piperidine rings is 2. The Hall–Kier alpha value is -5.72. The van der Waals surface area contributed by atoms with E-state index in [1.54, 1.807) is 62.8 Å². The lowest BCUT2D eigenvalue weighted by atomic mass is 10.0. The van der Waals surface area contributed by atoms with Crippen LogP contribution in [0.4, 0.5) is 0 Å². The summed E-state index contributed by atoms with van der Waals surface area (Å²) in [4.78, 5) is 54.3. The third-order valence-corrected chi connectivity index (χ3v) is 11.4. The second-order valence-corrected chi connectivity index (χ2v) is 15.4. The first kappa shape index (κ1) is 42.9. The molecule has 0 unspecified atom stereocenters. The standard InChI is InChI=1S/C26H33N3O3.C21H25N3O3/c1-32-23-13-11-20(12-14-23)25(30)28-24(19-7-3-2-4-8-19)26(31)27-21-15-17-29(18-16-21)22-9-5-6-10-22;1-27-18-9-7-16(8-10-18)20(25)24-19(15-5-3-2-4-6-15)21(26)23-17-11-13-22-14-12-17/h2-4,7-8,11-14,21-22,24H,5-6,9-10,15-18H2,1H3,(H,27,31)(H,28,30);2-10,17,19,22H,11-14H2,1H3,(H,23,26)(H,24,25)/t24-;19-/m11/s1. The van der Waals surface area contributed by atoms with Gasteiger partial charge in [0, 0.05) is 42.3 Å². The Kier molecular flexibility index (Phi) is 15.9. The highest BCUT2D eigenvalue weighted by atomic mass is 16.5. The molecule has 3 aliphatic rings. The van der Waals surface area contributed by atoms with E-state index in [0.29, 0.717) is 22.6 Å². The van der Waals surface area contributed by atoms with E-state index in [-0.39, 0.29) is 35.7 Å². The van der Waals surface area contributed by atoms with Crippen LogP contribution in [0.15, 0.2) is 109 Å². The zero-order valence-corrected chi connectivity index (χ0v) is 34.2. The molecule has 4 aromatic rings. The molecule has 0 radical (unpaired) electrons. The summed E-state index contributed by atoms with van der Waals surface area (Å²) in [6, 6.07) is 31.9. The second-order valence-electron chi connectivity index (χ2n) is 15.4. The number of hydrogen-bond acceptors (Lipinski definition) is 8. The van der Waals surface area contributed by atoms with Crippen LogP contribution in [0.3, 0.4) is 0 Å². The molecule has 2 saturated heterocycles. The molecule has 12 heteroatoms. The number of carbonyl (C=O) groups excluding carboxylic acids is 4. The number of hydrogen-bond donors (Lipinski definition) is 5. The number of methoxy groups -OCH3 is 2. The molecule has 4 amide bonds. The molecule has 0 aromatic heterocycles. The van der Waals surface area contributed by atoms with Crippen LogP contribution in [0, 0.1) is 0 Å². The summed E-state index contributed by atoms with van der Waals surface area (Å²) in [5.41, 5.74) is 2.50. The number of likely N-dealkylation sites (tertiary alicyclic amines) is 1. The van der Waals surface area contributed by atoms with Crippen LogP contribution in [-0.2, 0) is 9.59 Å². The van der Waals surface area contributed by atoms with Crippen LogP contribution in [0.5, 0.6) is 11.5 Å². The molecule has 7 rings (SSSR count). The highest BCUT2D eigenvalue weighted by Gasteiger charge is 2.31. The fraction of sp³-hybridized carbons (Fsp3) is 0.404. The van der Waals surface area contributed by atoms with Gasteiger partial charge in [0.2, 0.25) is 11.8 Å². The summed E-state index contributed by atoms with van der Waals surface area (Å²) in [5, 5.41) is 15.4. The predicted molar refractivity (Wildman–Crippen MR) is 228 cm³/mol. The molecule has 1 saturated carbocycles. The van der Waals surface area contributed by atoms with Crippen LogP contribution < -0.4 is 36.1 Å². The molecule has 2 atom stereocenters. The van der Waals surface area contributed by atoms with Crippen molar-refractivity contribution >= 4 is 23.6 Å². The van der Waals surface area contributed by atoms with Crippen molar-refractivity contribution in [1.29, 1.82) is 0 Å². The third-order valence-electron chi connectivity index (χ3n) is 11.4. The van der Waals surface area contributed by atoms with Crippen molar-refractivity contribution in [2.45, 2.75) is 81.6 Å². The molecular formula is C47H58N6O6. The zero-order valence-electron chi connectivity index (χ0n) is 34.2. The molecule has 3 fully saturated rings. The smallest absolute Gasteiger partial charge is 0.252 e. The van der Waals surface area contributed by atoms with Crippen molar-refractivity contribution in [2.75, 3.05) is 40.4 Å². The van der Waals surface area contributed by atoms with Gasteiger partial charge >= 0.3 is 0 Å². The van der Waals surface area contributed by atoms with Crippen molar-refractivity contribution in [1.82, 2.24) is 31.5 Å². The number of nitrogens with zero attached hydrogens (tertiary/aromatic N) is 1. The maximum Gasteiger partial charge on any atom is 0.252 e. The first-order valence-electron chi connectivity index (χ1n) is 20.9. The van der Waals surface area contributed by atoms with Gasteiger partial charge in [-0.15, -0.1) is 0 Å². The van der Waals surface area contributed by atoms with Gasteiger partial charge in [-0.3, -0.25) is 19.2 Å². The Bertz CT molecular complexity index is 1930. The lowest BCUT2D eigenvalue weighted by Gasteiger charge is -2.36. The normalized spacial score (nSPS) is 17.3. The minimum atomic E-state index is -0.740. The van der Waals surface area contributed by atoms with Gasteiger partial charge in [-0.05, 0) is 111 Å². The Morgan fingerprint density at radius 2 is 0.966 bits per heavy atom. The number of nitrogens with one attached hydrogen (secondary N) is 5. The monoisotopic (exact) mass is 802 g/mol. The largest absolute Gasteiger partial charge is 0.497 e. The van der Waals surface area contributed by atoms with Gasteiger partial charge in [-0.1, -0.05) is 73.5 Å². The topological polar surface area (TPSA) is 150 Å². The highest BCUT2D eigenvalue weighted by Crippen LogP contribution is 2.27. The first-order chi connectivity index (χ1) is 28.8. The van der Waals surface area contributed by atoms with Crippen LogP contribution in [0.1, 0.15) is 95.3 Å². The van der Waals surface area contributed by atoms with Crippen LogP contribution >= 0.6 is 0 Å². The van der Waals surface area contributed by atoms with Gasteiger partial charge in [-0.2, -0.15) is 0 Å². The SMILES string of the molecule is COc1ccc(C(=O)N[C@@H](C(=O)NC2CCN(C3CCCC3)CC2)c2ccccc2)cc1.COc1ccc(C(=O)N[C@@H](C(=O)NC2CCNCC2)c2ccccc2)cc1. The van der Waals surface area contributed by atoms with Gasteiger partial charge in [0.25, 0.3) is 11.8 Å². The van der Waals surface area contributed by atoms with E-state index in [4.69, 9.17) is 9.47 Å². The van der Waals surface area contributed by atoms with Crippen molar-refractivity contribution in [2.24, 2.45) is 0 Å². The quantitative estimate of drug-likeness (QED) is 0.115. The van der Waals surface area contributed by atoms with Gasteiger partial charge in [0.05, 0.1) is 14.2 Å². The molecule has 5 N–H and O–H groups in total. The Morgan fingerprint density at radius 3 is 1.37 bits per heavy atom. The number of carbonyl (C=O) groups is 4. The first-order valence-corrected chi connectivity index (χ1v) is 20.9. The minimum absolute atomic E-state index is 0.128. The molecule has 1 aliphatic carbocycles. The molecule has 0 spiro atoms. The summed E-state index contributed by atoms with van der Waals surface area (Å²) in [6.07, 6.45) is 8.99. The fourth-order valence-electron chi connectivity index (χ4n) is 8.02. The van der Waals surface area contributed by atoms with E-state index in [0.717, 1.165) is 69.0 Å². The number of rotatable bonds is 13. The predicted octanol–water partition coefficient (Wildman–Crippen LogP) is 5.72. The lowest BCUT2D eigenvalue weighted by Crippen LogP contribution is -2.50. The highest BCUT2D eigenvalue weighted by molar-refractivity contribution is 5.98. The van der Waals surface area contributed by atoms with Gasteiger partial charge in [-0.25, -0.2) is 0 Å². The van der Waals surface area contributed by atoms with E-state index >= 15 is 0 Å². The van der Waals surface area contributed by atoms with Crippen molar-refractivity contribution < 1.29 is 28.7 Å². The van der Waals surface area contributed by atoms with Gasteiger partial charge in [0.1, 0.15) is 23.6 Å². The van der Waals surface area contributed by atoms with Gasteiger partial charge in [0.15, 0.2) is 0 Å². The minimum Gasteiger partial charge on any atom is -0.497 e. The molecule has 59 heavy (non-hydrogen) atoms. The molecule has 2 heterocycles. The average molecular weight is 803 g/mol. The van der Waals surface area contributed by atoms with Crippen LogP contribution in [-0.4, -0.2) is 87.1 Å². The van der Waals surface area contributed by atoms with Crippen molar-refractivity contribution in [3.8, 4) is 11.5 Å². The Balaban J connectivity index is 0.000000201. The number of amides is 4.